The van der Waals surface area contributed by atoms with E-state index in [0.717, 1.165) is 5.56 Å². The van der Waals surface area contributed by atoms with E-state index in [1.807, 2.05) is 0 Å². The standard InChI is InChI=1S/C15H14N2O4/c1-21-13-5-4-11(3-2-8-18)12(9-13)10-17-7-6-14(19)16-15(17)20/h4-7,9,18H,8,10H2,1H3,(H,16,19,20). The molecule has 0 aliphatic rings. The van der Waals surface area contributed by atoms with Crippen LogP contribution in [0.3, 0.4) is 0 Å². The fraction of sp³-hybridized carbons (Fsp3) is 0.200. The Morgan fingerprint density at radius 1 is 1.33 bits per heavy atom. The van der Waals surface area contributed by atoms with E-state index < -0.39 is 11.2 Å². The van der Waals surface area contributed by atoms with Crippen molar-refractivity contribution in [2.45, 2.75) is 6.54 Å². The largest absolute Gasteiger partial charge is 0.497 e. The molecule has 0 aliphatic heterocycles. The van der Waals surface area contributed by atoms with E-state index in [2.05, 4.69) is 16.8 Å². The Morgan fingerprint density at radius 2 is 2.14 bits per heavy atom. The third kappa shape index (κ3) is 3.61. The molecule has 0 aliphatic carbocycles. The number of benzene rings is 1. The van der Waals surface area contributed by atoms with Crippen molar-refractivity contribution in [3.63, 3.8) is 0 Å². The van der Waals surface area contributed by atoms with E-state index in [9.17, 15) is 9.59 Å². The van der Waals surface area contributed by atoms with Gasteiger partial charge in [0.1, 0.15) is 12.4 Å². The van der Waals surface area contributed by atoms with Crippen LogP contribution in [0.4, 0.5) is 0 Å². The quantitative estimate of drug-likeness (QED) is 0.774. The van der Waals surface area contributed by atoms with Crippen molar-refractivity contribution in [3.05, 3.63) is 62.4 Å². The van der Waals surface area contributed by atoms with Gasteiger partial charge in [-0.3, -0.25) is 14.3 Å². The molecule has 0 radical (unpaired) electrons. The number of H-pyrrole nitrogens is 1. The Hall–Kier alpha value is -2.78. The smallest absolute Gasteiger partial charge is 0.328 e. The molecular weight excluding hydrogens is 272 g/mol. The van der Waals surface area contributed by atoms with Gasteiger partial charge >= 0.3 is 5.69 Å². The summed E-state index contributed by atoms with van der Waals surface area (Å²) in [6, 6.07) is 6.55. The Kier molecular flexibility index (Phi) is 4.59. The molecule has 108 valence electrons. The number of ether oxygens (including phenoxy) is 1. The maximum atomic E-state index is 11.7. The van der Waals surface area contributed by atoms with Crippen molar-refractivity contribution in [1.29, 1.82) is 0 Å². The van der Waals surface area contributed by atoms with Crippen LogP contribution < -0.4 is 16.0 Å². The zero-order valence-corrected chi connectivity index (χ0v) is 11.4. The van der Waals surface area contributed by atoms with Crippen LogP contribution in [0.25, 0.3) is 0 Å². The molecule has 6 nitrogen and oxygen atoms in total. The molecule has 0 saturated carbocycles. The maximum absolute atomic E-state index is 11.7. The van der Waals surface area contributed by atoms with E-state index in [-0.39, 0.29) is 13.2 Å². The number of aliphatic hydroxyl groups is 1. The number of nitrogens with one attached hydrogen (secondary N) is 1. The van der Waals surface area contributed by atoms with Crippen LogP contribution in [0.1, 0.15) is 11.1 Å². The Balaban J connectivity index is 2.45. The van der Waals surface area contributed by atoms with Gasteiger partial charge in [-0.15, -0.1) is 0 Å². The molecule has 0 unspecified atom stereocenters. The molecule has 1 heterocycles. The van der Waals surface area contributed by atoms with Gasteiger partial charge in [0.15, 0.2) is 0 Å². The van der Waals surface area contributed by atoms with Gasteiger partial charge in [-0.25, -0.2) is 4.79 Å². The van der Waals surface area contributed by atoms with Crippen LogP contribution in [-0.2, 0) is 6.54 Å². The van der Waals surface area contributed by atoms with E-state index in [1.54, 1.807) is 25.3 Å². The highest BCUT2D eigenvalue weighted by molar-refractivity contribution is 5.45. The second-order valence-electron chi connectivity index (χ2n) is 4.22. The lowest BCUT2D eigenvalue weighted by Crippen LogP contribution is -2.29. The molecule has 0 atom stereocenters. The van der Waals surface area contributed by atoms with E-state index in [1.165, 1.54) is 16.8 Å². The average molecular weight is 286 g/mol. The highest BCUT2D eigenvalue weighted by Crippen LogP contribution is 2.17. The highest BCUT2D eigenvalue weighted by Gasteiger charge is 2.05. The van der Waals surface area contributed by atoms with Gasteiger partial charge < -0.3 is 9.84 Å². The van der Waals surface area contributed by atoms with Crippen molar-refractivity contribution >= 4 is 0 Å². The van der Waals surface area contributed by atoms with Crippen LogP contribution in [0, 0.1) is 11.8 Å². The number of aromatic nitrogens is 2. The minimum Gasteiger partial charge on any atom is -0.497 e. The first-order valence-corrected chi connectivity index (χ1v) is 6.20. The van der Waals surface area contributed by atoms with Gasteiger partial charge in [-0.05, 0) is 23.8 Å². The van der Waals surface area contributed by atoms with Crippen molar-refractivity contribution in [2.24, 2.45) is 0 Å². The first-order valence-electron chi connectivity index (χ1n) is 6.20. The van der Waals surface area contributed by atoms with E-state index in [0.29, 0.717) is 11.3 Å². The lowest BCUT2D eigenvalue weighted by atomic mass is 10.1. The van der Waals surface area contributed by atoms with Crippen molar-refractivity contribution in [3.8, 4) is 17.6 Å². The van der Waals surface area contributed by atoms with Gasteiger partial charge in [-0.2, -0.15) is 0 Å². The fourth-order valence-electron chi connectivity index (χ4n) is 1.84. The third-order valence-electron chi connectivity index (χ3n) is 2.85. The summed E-state index contributed by atoms with van der Waals surface area (Å²) in [5.41, 5.74) is 0.501. The summed E-state index contributed by atoms with van der Waals surface area (Å²) in [6.45, 7) is -0.00761. The van der Waals surface area contributed by atoms with E-state index >= 15 is 0 Å². The molecule has 2 rings (SSSR count). The molecule has 21 heavy (non-hydrogen) atoms. The van der Waals surface area contributed by atoms with Crippen LogP contribution >= 0.6 is 0 Å². The van der Waals surface area contributed by atoms with Gasteiger partial charge in [-0.1, -0.05) is 11.8 Å². The predicted molar refractivity (Wildman–Crippen MR) is 77.4 cm³/mol. The number of methoxy groups -OCH3 is 1. The maximum Gasteiger partial charge on any atom is 0.328 e. The predicted octanol–water partition coefficient (Wildman–Crippen LogP) is -0.0627. The number of nitrogens with zero attached hydrogens (tertiary/aromatic N) is 1. The van der Waals surface area contributed by atoms with Crippen molar-refractivity contribution in [2.75, 3.05) is 13.7 Å². The lowest BCUT2D eigenvalue weighted by Gasteiger charge is -2.09. The van der Waals surface area contributed by atoms with Crippen molar-refractivity contribution < 1.29 is 9.84 Å². The number of rotatable bonds is 3. The summed E-state index contributed by atoms with van der Waals surface area (Å²) in [5, 5.41) is 8.79. The number of hydrogen-bond acceptors (Lipinski definition) is 4. The van der Waals surface area contributed by atoms with Gasteiger partial charge in [0.25, 0.3) is 5.56 Å². The molecule has 1 aromatic carbocycles. The summed E-state index contributed by atoms with van der Waals surface area (Å²) in [6.07, 6.45) is 1.42. The SMILES string of the molecule is COc1ccc(C#CCO)c(Cn2ccc(=O)[nH]c2=O)c1. The molecule has 0 amide bonds. The topological polar surface area (TPSA) is 84.3 Å². The van der Waals surface area contributed by atoms with Crippen LogP contribution in [0.2, 0.25) is 0 Å². The zero-order valence-electron chi connectivity index (χ0n) is 11.4. The summed E-state index contributed by atoms with van der Waals surface area (Å²) in [4.78, 5) is 25.0. The van der Waals surface area contributed by atoms with Crippen LogP contribution in [-0.4, -0.2) is 28.4 Å². The lowest BCUT2D eigenvalue weighted by molar-refractivity contribution is 0.350. The van der Waals surface area contributed by atoms with Gasteiger partial charge in [0.2, 0.25) is 0 Å². The summed E-state index contributed by atoms with van der Waals surface area (Å²) < 4.78 is 6.52. The summed E-state index contributed by atoms with van der Waals surface area (Å²) in [5.74, 6) is 6.03. The van der Waals surface area contributed by atoms with Crippen molar-refractivity contribution in [1.82, 2.24) is 9.55 Å². The summed E-state index contributed by atoms with van der Waals surface area (Å²) >= 11 is 0. The first kappa shape index (κ1) is 14.6. The number of hydrogen-bond donors (Lipinski definition) is 2. The monoisotopic (exact) mass is 286 g/mol. The molecule has 0 saturated heterocycles. The van der Waals surface area contributed by atoms with Gasteiger partial charge in [0, 0.05) is 17.8 Å². The first-order chi connectivity index (χ1) is 10.1. The Morgan fingerprint density at radius 3 is 2.81 bits per heavy atom. The molecule has 0 spiro atoms. The van der Waals surface area contributed by atoms with Gasteiger partial charge in [0.05, 0.1) is 13.7 Å². The van der Waals surface area contributed by atoms with Crippen LogP contribution in [0.15, 0.2) is 40.1 Å². The number of aliphatic hydroxyl groups excluding tert-OH is 1. The minimum atomic E-state index is -0.494. The van der Waals surface area contributed by atoms with Crippen LogP contribution in [0.5, 0.6) is 5.75 Å². The second kappa shape index (κ2) is 6.59. The zero-order chi connectivity index (χ0) is 15.2. The molecule has 1 aromatic heterocycles. The number of aromatic amines is 1. The normalized spacial score (nSPS) is 9.81. The molecule has 6 heteroatoms. The second-order valence-corrected chi connectivity index (χ2v) is 4.22. The molecular formula is C15H14N2O4. The summed E-state index contributed by atoms with van der Waals surface area (Å²) in [7, 11) is 1.55. The molecule has 2 aromatic rings. The van der Waals surface area contributed by atoms with E-state index in [4.69, 9.17) is 9.84 Å². The molecule has 2 N–H and O–H groups in total. The molecule has 0 fully saturated rings. The minimum absolute atomic E-state index is 0.238. The Labute approximate surface area is 120 Å². The average Bonchev–Trinajstić information content (AvgIpc) is 2.48. The highest BCUT2D eigenvalue weighted by atomic mass is 16.5. The fourth-order valence-corrected chi connectivity index (χ4v) is 1.84. The third-order valence-corrected chi connectivity index (χ3v) is 2.85. The Bertz CT molecular complexity index is 809. The molecule has 0 bridgehead atoms.